The highest BCUT2D eigenvalue weighted by molar-refractivity contribution is 5.95. The van der Waals surface area contributed by atoms with Gasteiger partial charge in [0.1, 0.15) is 0 Å². The third-order valence-electron chi connectivity index (χ3n) is 3.44. The average Bonchev–Trinajstić information content (AvgIpc) is 2.46. The first-order valence-electron chi connectivity index (χ1n) is 6.42. The van der Waals surface area contributed by atoms with Crippen molar-refractivity contribution in [3.05, 3.63) is 29.8 Å². The average molecular weight is 248 g/mol. The molecular weight excluding hydrogens is 228 g/mol. The summed E-state index contributed by atoms with van der Waals surface area (Å²) in [5, 5.41) is 3.39. The van der Waals surface area contributed by atoms with Gasteiger partial charge in [0.2, 0.25) is 0 Å². The molecule has 1 aromatic rings. The predicted molar refractivity (Wildman–Crippen MR) is 72.1 cm³/mol. The van der Waals surface area contributed by atoms with Crippen LogP contribution in [0.25, 0.3) is 0 Å². The van der Waals surface area contributed by atoms with Crippen LogP contribution in [0, 0.1) is 0 Å². The van der Waals surface area contributed by atoms with E-state index in [0.717, 1.165) is 31.7 Å². The number of carbonyl (C=O) groups is 1. The van der Waals surface area contributed by atoms with Crippen LogP contribution in [0.5, 0.6) is 0 Å². The summed E-state index contributed by atoms with van der Waals surface area (Å²) in [5.74, 6) is -0.265. The van der Waals surface area contributed by atoms with Crippen LogP contribution in [0.3, 0.4) is 0 Å². The maximum Gasteiger partial charge on any atom is 0.339 e. The zero-order chi connectivity index (χ0) is 13.0. The second-order valence-electron chi connectivity index (χ2n) is 4.47. The number of anilines is 1. The molecule has 1 N–H and O–H groups in total. The van der Waals surface area contributed by atoms with Crippen LogP contribution in [-0.4, -0.2) is 38.8 Å². The number of benzene rings is 1. The Morgan fingerprint density at radius 2 is 2.28 bits per heavy atom. The molecule has 98 valence electrons. The fourth-order valence-electron chi connectivity index (χ4n) is 2.45. The van der Waals surface area contributed by atoms with E-state index in [1.165, 1.54) is 7.11 Å². The summed E-state index contributed by atoms with van der Waals surface area (Å²) < 4.78 is 4.86. The van der Waals surface area contributed by atoms with E-state index in [2.05, 4.69) is 17.1 Å². The van der Waals surface area contributed by atoms with Gasteiger partial charge in [-0.2, -0.15) is 0 Å². The molecule has 1 heterocycles. The molecule has 2 rings (SSSR count). The lowest BCUT2D eigenvalue weighted by Crippen LogP contribution is -2.51. The fraction of sp³-hybridized carbons (Fsp3) is 0.500. The van der Waals surface area contributed by atoms with E-state index in [0.29, 0.717) is 11.6 Å². The normalized spacial score (nSPS) is 19.7. The number of esters is 1. The van der Waals surface area contributed by atoms with Crippen LogP contribution in [-0.2, 0) is 4.74 Å². The number of ether oxygens (including phenoxy) is 1. The standard InChI is InChI=1S/C14H20N2O2/c1-3-11-10-15-8-9-16(11)13-7-5-4-6-12(13)14(17)18-2/h4-7,11,15H,3,8-10H2,1-2H3. The molecule has 0 saturated carbocycles. The summed E-state index contributed by atoms with van der Waals surface area (Å²) in [5.41, 5.74) is 1.64. The molecule has 0 amide bonds. The van der Waals surface area contributed by atoms with Crippen LogP contribution in [0.15, 0.2) is 24.3 Å². The Morgan fingerprint density at radius 1 is 1.50 bits per heavy atom. The summed E-state index contributed by atoms with van der Waals surface area (Å²) in [4.78, 5) is 14.1. The molecule has 1 unspecified atom stereocenters. The second kappa shape index (κ2) is 5.87. The van der Waals surface area contributed by atoms with Gasteiger partial charge in [-0.3, -0.25) is 0 Å². The van der Waals surface area contributed by atoms with Gasteiger partial charge < -0.3 is 15.0 Å². The monoisotopic (exact) mass is 248 g/mol. The van der Waals surface area contributed by atoms with Crippen LogP contribution in [0.4, 0.5) is 5.69 Å². The van der Waals surface area contributed by atoms with Crippen molar-refractivity contribution in [2.45, 2.75) is 19.4 Å². The van der Waals surface area contributed by atoms with Gasteiger partial charge in [-0.05, 0) is 18.6 Å². The Kier molecular flexibility index (Phi) is 4.20. The number of rotatable bonds is 3. The van der Waals surface area contributed by atoms with Gasteiger partial charge in [0.25, 0.3) is 0 Å². The first-order valence-corrected chi connectivity index (χ1v) is 6.42. The molecule has 0 aliphatic carbocycles. The fourth-order valence-corrected chi connectivity index (χ4v) is 2.45. The molecule has 4 heteroatoms. The summed E-state index contributed by atoms with van der Waals surface area (Å²) in [6.07, 6.45) is 1.06. The van der Waals surface area contributed by atoms with Gasteiger partial charge in [-0.15, -0.1) is 0 Å². The molecular formula is C14H20N2O2. The van der Waals surface area contributed by atoms with Crippen molar-refractivity contribution in [2.24, 2.45) is 0 Å². The lowest BCUT2D eigenvalue weighted by molar-refractivity contribution is 0.0601. The minimum absolute atomic E-state index is 0.265. The molecule has 18 heavy (non-hydrogen) atoms. The van der Waals surface area contributed by atoms with Gasteiger partial charge in [-0.25, -0.2) is 4.79 Å². The van der Waals surface area contributed by atoms with E-state index in [-0.39, 0.29) is 5.97 Å². The number of nitrogens with zero attached hydrogens (tertiary/aromatic N) is 1. The Labute approximate surface area is 108 Å². The molecule has 4 nitrogen and oxygen atoms in total. The number of para-hydroxylation sites is 1. The van der Waals surface area contributed by atoms with E-state index >= 15 is 0 Å². The number of carbonyl (C=O) groups excluding carboxylic acids is 1. The van der Waals surface area contributed by atoms with E-state index in [1.54, 1.807) is 0 Å². The third kappa shape index (κ3) is 2.48. The topological polar surface area (TPSA) is 41.6 Å². The number of piperazine rings is 1. The summed E-state index contributed by atoms with van der Waals surface area (Å²) in [7, 11) is 1.42. The maximum absolute atomic E-state index is 11.8. The van der Waals surface area contributed by atoms with Crippen LogP contribution in [0.2, 0.25) is 0 Å². The molecule has 1 saturated heterocycles. The van der Waals surface area contributed by atoms with E-state index in [9.17, 15) is 4.79 Å². The molecule has 1 atom stereocenters. The number of nitrogens with one attached hydrogen (secondary N) is 1. The van der Waals surface area contributed by atoms with Crippen LogP contribution in [0.1, 0.15) is 23.7 Å². The van der Waals surface area contributed by atoms with Gasteiger partial charge in [0, 0.05) is 25.7 Å². The van der Waals surface area contributed by atoms with Gasteiger partial charge in [-0.1, -0.05) is 19.1 Å². The van der Waals surface area contributed by atoms with Crippen molar-refractivity contribution in [3.63, 3.8) is 0 Å². The van der Waals surface area contributed by atoms with Crippen molar-refractivity contribution >= 4 is 11.7 Å². The molecule has 1 aliphatic heterocycles. The first kappa shape index (κ1) is 12.9. The number of hydrogen-bond acceptors (Lipinski definition) is 4. The lowest BCUT2D eigenvalue weighted by atomic mass is 10.1. The highest BCUT2D eigenvalue weighted by Crippen LogP contribution is 2.25. The highest BCUT2D eigenvalue weighted by atomic mass is 16.5. The third-order valence-corrected chi connectivity index (χ3v) is 3.44. The maximum atomic E-state index is 11.8. The zero-order valence-electron chi connectivity index (χ0n) is 11.0. The highest BCUT2D eigenvalue weighted by Gasteiger charge is 2.24. The molecule has 0 aromatic heterocycles. The largest absolute Gasteiger partial charge is 0.465 e. The first-order chi connectivity index (χ1) is 8.77. The minimum Gasteiger partial charge on any atom is -0.465 e. The SMILES string of the molecule is CCC1CNCCN1c1ccccc1C(=O)OC. The van der Waals surface area contributed by atoms with Crippen molar-refractivity contribution in [2.75, 3.05) is 31.6 Å². The number of hydrogen-bond donors (Lipinski definition) is 1. The van der Waals surface area contributed by atoms with Crippen molar-refractivity contribution < 1.29 is 9.53 Å². The van der Waals surface area contributed by atoms with Gasteiger partial charge in [0.05, 0.1) is 18.4 Å². The Morgan fingerprint density at radius 3 is 3.00 bits per heavy atom. The molecule has 1 aliphatic rings. The zero-order valence-corrected chi connectivity index (χ0v) is 11.0. The van der Waals surface area contributed by atoms with Gasteiger partial charge in [0.15, 0.2) is 0 Å². The van der Waals surface area contributed by atoms with Crippen LogP contribution < -0.4 is 10.2 Å². The Bertz CT molecular complexity index is 420. The predicted octanol–water partition coefficient (Wildman–Crippen LogP) is 1.66. The molecule has 0 spiro atoms. The minimum atomic E-state index is -0.265. The summed E-state index contributed by atoms with van der Waals surface area (Å²) >= 11 is 0. The van der Waals surface area contributed by atoms with E-state index < -0.39 is 0 Å². The summed E-state index contributed by atoms with van der Waals surface area (Å²) in [6, 6.07) is 8.11. The molecule has 1 aromatic carbocycles. The van der Waals surface area contributed by atoms with Gasteiger partial charge >= 0.3 is 5.97 Å². The second-order valence-corrected chi connectivity index (χ2v) is 4.47. The summed E-state index contributed by atoms with van der Waals surface area (Å²) in [6.45, 7) is 5.01. The molecule has 0 radical (unpaired) electrons. The number of methoxy groups -OCH3 is 1. The quantitative estimate of drug-likeness (QED) is 0.826. The van der Waals surface area contributed by atoms with Crippen molar-refractivity contribution in [1.29, 1.82) is 0 Å². The smallest absolute Gasteiger partial charge is 0.339 e. The Hall–Kier alpha value is -1.55. The van der Waals surface area contributed by atoms with Crippen molar-refractivity contribution in [1.82, 2.24) is 5.32 Å². The van der Waals surface area contributed by atoms with Crippen molar-refractivity contribution in [3.8, 4) is 0 Å². The Balaban J connectivity index is 2.33. The molecule has 1 fully saturated rings. The van der Waals surface area contributed by atoms with Crippen LogP contribution >= 0.6 is 0 Å². The van der Waals surface area contributed by atoms with E-state index in [4.69, 9.17) is 4.74 Å². The molecule has 0 bridgehead atoms. The lowest BCUT2D eigenvalue weighted by Gasteiger charge is -2.38. The van der Waals surface area contributed by atoms with E-state index in [1.807, 2.05) is 24.3 Å².